The van der Waals surface area contributed by atoms with Crippen molar-refractivity contribution in [3.63, 3.8) is 0 Å². The van der Waals surface area contributed by atoms with E-state index in [1.54, 1.807) is 0 Å². The highest BCUT2D eigenvalue weighted by Gasteiger charge is 2.47. The predicted molar refractivity (Wildman–Crippen MR) is 119 cm³/mol. The fourth-order valence-electron chi connectivity index (χ4n) is 3.41. The Kier molecular flexibility index (Phi) is 15.3. The van der Waals surface area contributed by atoms with Crippen LogP contribution in [0.4, 0.5) is 0 Å². The van der Waals surface area contributed by atoms with Gasteiger partial charge in [0.05, 0.1) is 19.8 Å². The summed E-state index contributed by atoms with van der Waals surface area (Å²) in [5.74, 6) is -0.458. The van der Waals surface area contributed by atoms with Gasteiger partial charge >= 0.3 is 16.4 Å². The molecule has 0 saturated carbocycles. The van der Waals surface area contributed by atoms with Crippen LogP contribution in [0.1, 0.15) is 65.2 Å². The van der Waals surface area contributed by atoms with Crippen LogP contribution in [0, 0.1) is 0 Å². The predicted octanol–water partition coefficient (Wildman–Crippen LogP) is 0.719. The van der Waals surface area contributed by atoms with Crippen LogP contribution in [0.15, 0.2) is 0 Å². The Morgan fingerprint density at radius 2 is 1.68 bits per heavy atom. The van der Waals surface area contributed by atoms with Crippen LogP contribution < -0.4 is 0 Å². The molecule has 4 N–H and O–H groups in total. The van der Waals surface area contributed by atoms with Crippen molar-refractivity contribution >= 4 is 16.4 Å². The Hall–Kier alpha value is -0.900. The summed E-state index contributed by atoms with van der Waals surface area (Å²) in [5.41, 5.74) is 0. The SMILES string of the molecule is CCCCCCCCOCC(COC1OC(CO)C(O)C(OS(=O)(=O)O)C1O)OC(=O)CCC. The van der Waals surface area contributed by atoms with E-state index >= 15 is 0 Å². The molecule has 202 valence electrons. The first-order chi connectivity index (χ1) is 16.1. The highest BCUT2D eigenvalue weighted by molar-refractivity contribution is 7.80. The van der Waals surface area contributed by atoms with Crippen LogP contribution in [-0.2, 0) is 38.3 Å². The van der Waals surface area contributed by atoms with Crippen LogP contribution >= 0.6 is 0 Å². The van der Waals surface area contributed by atoms with Gasteiger partial charge in [-0.15, -0.1) is 0 Å². The van der Waals surface area contributed by atoms with Gasteiger partial charge in [0.15, 0.2) is 6.29 Å². The minimum atomic E-state index is -5.03. The molecule has 0 bridgehead atoms. The molecule has 1 aliphatic rings. The zero-order valence-electron chi connectivity index (χ0n) is 19.9. The van der Waals surface area contributed by atoms with Crippen LogP contribution in [-0.4, -0.2) is 97.5 Å². The van der Waals surface area contributed by atoms with Crippen molar-refractivity contribution in [1.29, 1.82) is 0 Å². The quantitative estimate of drug-likeness (QED) is 0.114. The Morgan fingerprint density at radius 3 is 2.29 bits per heavy atom. The molecular weight excluding hydrogens is 476 g/mol. The first kappa shape index (κ1) is 31.1. The second-order valence-electron chi connectivity index (χ2n) is 8.23. The lowest BCUT2D eigenvalue weighted by molar-refractivity contribution is -0.301. The van der Waals surface area contributed by atoms with E-state index in [1.165, 1.54) is 19.3 Å². The smallest absolute Gasteiger partial charge is 0.397 e. The van der Waals surface area contributed by atoms with E-state index in [1.807, 2.05) is 6.92 Å². The normalized spacial score (nSPS) is 26.4. The van der Waals surface area contributed by atoms with Gasteiger partial charge < -0.3 is 34.3 Å². The van der Waals surface area contributed by atoms with E-state index in [9.17, 15) is 28.5 Å². The number of hydrogen-bond acceptors (Lipinski definition) is 11. The fourth-order valence-corrected chi connectivity index (χ4v) is 3.92. The van der Waals surface area contributed by atoms with Crippen molar-refractivity contribution < 1.29 is 56.2 Å². The average molecular weight is 517 g/mol. The first-order valence-corrected chi connectivity index (χ1v) is 13.2. The number of aliphatic hydroxyl groups excluding tert-OH is 3. The number of rotatable bonds is 18. The molecular formula is C21H40O12S. The molecule has 0 aromatic heterocycles. The molecule has 6 atom stereocenters. The molecule has 0 spiro atoms. The monoisotopic (exact) mass is 516 g/mol. The molecule has 1 aliphatic heterocycles. The molecule has 13 heteroatoms. The largest absolute Gasteiger partial charge is 0.457 e. The van der Waals surface area contributed by atoms with Crippen molar-refractivity contribution in [2.45, 2.75) is 102 Å². The molecule has 1 fully saturated rings. The number of hydrogen-bond donors (Lipinski definition) is 4. The topological polar surface area (TPSA) is 178 Å². The first-order valence-electron chi connectivity index (χ1n) is 11.8. The van der Waals surface area contributed by atoms with E-state index in [0.29, 0.717) is 13.0 Å². The second-order valence-corrected chi connectivity index (χ2v) is 9.28. The summed E-state index contributed by atoms with van der Waals surface area (Å²) >= 11 is 0. The van der Waals surface area contributed by atoms with E-state index in [0.717, 1.165) is 19.3 Å². The maximum atomic E-state index is 12.0. The zero-order valence-corrected chi connectivity index (χ0v) is 20.7. The molecule has 12 nitrogen and oxygen atoms in total. The lowest BCUT2D eigenvalue weighted by atomic mass is 9.99. The van der Waals surface area contributed by atoms with Crippen molar-refractivity contribution in [3.05, 3.63) is 0 Å². The summed E-state index contributed by atoms with van der Waals surface area (Å²) in [4.78, 5) is 12.0. The van der Waals surface area contributed by atoms with Crippen molar-refractivity contribution in [1.82, 2.24) is 0 Å². The fraction of sp³-hybridized carbons (Fsp3) is 0.952. The van der Waals surface area contributed by atoms with E-state index in [4.69, 9.17) is 23.5 Å². The van der Waals surface area contributed by atoms with E-state index < -0.39 is 59.8 Å². The van der Waals surface area contributed by atoms with Gasteiger partial charge in [-0.25, -0.2) is 4.18 Å². The summed E-state index contributed by atoms with van der Waals surface area (Å²) in [6.07, 6.45) is -1.86. The Morgan fingerprint density at radius 1 is 1.00 bits per heavy atom. The van der Waals surface area contributed by atoms with Gasteiger partial charge in [0.1, 0.15) is 30.5 Å². The molecule has 1 heterocycles. The number of carbonyl (C=O) groups excluding carboxylic acids is 1. The lowest BCUT2D eigenvalue weighted by Gasteiger charge is -2.41. The summed E-state index contributed by atoms with van der Waals surface area (Å²) in [5, 5.41) is 29.8. The van der Waals surface area contributed by atoms with Crippen LogP contribution in [0.25, 0.3) is 0 Å². The summed E-state index contributed by atoms with van der Waals surface area (Å²) in [6, 6.07) is 0. The molecule has 1 saturated heterocycles. The lowest BCUT2D eigenvalue weighted by Crippen LogP contribution is -2.60. The molecule has 0 aliphatic carbocycles. The summed E-state index contributed by atoms with van der Waals surface area (Å²) in [6.45, 7) is 3.46. The van der Waals surface area contributed by atoms with Crippen LogP contribution in [0.5, 0.6) is 0 Å². The summed E-state index contributed by atoms with van der Waals surface area (Å²) in [7, 11) is -5.03. The highest BCUT2D eigenvalue weighted by Crippen LogP contribution is 2.25. The number of carbonyl (C=O) groups is 1. The molecule has 0 aromatic rings. The molecule has 0 amide bonds. The number of unbranched alkanes of at least 4 members (excludes halogenated alkanes) is 5. The van der Waals surface area contributed by atoms with Crippen molar-refractivity contribution in [2.75, 3.05) is 26.4 Å². The molecule has 6 unspecified atom stereocenters. The number of ether oxygens (including phenoxy) is 4. The van der Waals surface area contributed by atoms with Gasteiger partial charge in [0, 0.05) is 13.0 Å². The Balaban J connectivity index is 2.66. The molecule has 0 aromatic carbocycles. The number of aliphatic hydroxyl groups is 3. The molecule has 1 rings (SSSR count). The third-order valence-electron chi connectivity index (χ3n) is 5.20. The minimum Gasteiger partial charge on any atom is -0.457 e. The Labute approximate surface area is 201 Å². The van der Waals surface area contributed by atoms with E-state index in [-0.39, 0.29) is 19.6 Å². The standard InChI is InChI=1S/C21H40O12S/c1-3-5-6-7-8-9-11-29-13-15(31-17(23)10-4-2)14-30-21-19(25)20(33-34(26,27)28)18(24)16(12-22)32-21/h15-16,18-22,24-25H,3-14H2,1-2H3,(H,26,27,28). The average Bonchev–Trinajstić information content (AvgIpc) is 2.77. The molecule has 0 radical (unpaired) electrons. The van der Waals surface area contributed by atoms with Crippen molar-refractivity contribution in [3.8, 4) is 0 Å². The van der Waals surface area contributed by atoms with Gasteiger partial charge in [-0.1, -0.05) is 46.0 Å². The maximum Gasteiger partial charge on any atom is 0.397 e. The van der Waals surface area contributed by atoms with Crippen LogP contribution in [0.3, 0.4) is 0 Å². The van der Waals surface area contributed by atoms with Crippen LogP contribution in [0.2, 0.25) is 0 Å². The van der Waals surface area contributed by atoms with Gasteiger partial charge in [-0.2, -0.15) is 8.42 Å². The highest BCUT2D eigenvalue weighted by atomic mass is 32.3. The second kappa shape index (κ2) is 16.7. The van der Waals surface area contributed by atoms with E-state index in [2.05, 4.69) is 11.1 Å². The number of esters is 1. The Bertz CT molecular complexity index is 658. The minimum absolute atomic E-state index is 0.0320. The third kappa shape index (κ3) is 12.2. The van der Waals surface area contributed by atoms with Gasteiger partial charge in [-0.3, -0.25) is 9.35 Å². The van der Waals surface area contributed by atoms with Gasteiger partial charge in [0.25, 0.3) is 0 Å². The zero-order chi connectivity index (χ0) is 25.6. The maximum absolute atomic E-state index is 12.0. The van der Waals surface area contributed by atoms with Crippen molar-refractivity contribution in [2.24, 2.45) is 0 Å². The van der Waals surface area contributed by atoms with Gasteiger partial charge in [-0.05, 0) is 12.8 Å². The third-order valence-corrected chi connectivity index (χ3v) is 5.66. The molecule has 34 heavy (non-hydrogen) atoms. The van der Waals surface area contributed by atoms with Gasteiger partial charge in [0.2, 0.25) is 0 Å². The summed E-state index contributed by atoms with van der Waals surface area (Å²) < 4.78 is 57.2.